The molecule has 1 unspecified atom stereocenters. The molecule has 1 aliphatic heterocycles. The Balaban J connectivity index is 2.30. The van der Waals surface area contributed by atoms with Gasteiger partial charge in [0.2, 0.25) is 5.91 Å². The zero-order valence-corrected chi connectivity index (χ0v) is 11.2. The highest BCUT2D eigenvalue weighted by Gasteiger charge is 2.45. The maximum absolute atomic E-state index is 11.1. The SMILES string of the molecule is O=C1CC(c2cc(Br)cs2)N1S(=O)(=O)Cl. The molecule has 82 valence electrons. The Kier molecular flexibility index (Phi) is 2.83. The number of carbonyl (C=O) groups excluding carboxylic acids is 1. The predicted octanol–water partition coefficient (Wildman–Crippen LogP) is 2.27. The van der Waals surface area contributed by atoms with Crippen molar-refractivity contribution < 1.29 is 13.2 Å². The van der Waals surface area contributed by atoms with Crippen LogP contribution in [0.5, 0.6) is 0 Å². The Bertz CT molecular complexity index is 512. The maximum atomic E-state index is 11.1. The van der Waals surface area contributed by atoms with Crippen molar-refractivity contribution in [2.45, 2.75) is 12.5 Å². The molecule has 2 rings (SSSR count). The van der Waals surface area contributed by atoms with Crippen molar-refractivity contribution in [2.24, 2.45) is 0 Å². The maximum Gasteiger partial charge on any atom is 0.324 e. The summed E-state index contributed by atoms with van der Waals surface area (Å²) in [6, 6.07) is 1.35. The van der Waals surface area contributed by atoms with Crippen LogP contribution in [0.1, 0.15) is 17.3 Å². The van der Waals surface area contributed by atoms with Crippen molar-refractivity contribution in [2.75, 3.05) is 0 Å². The summed E-state index contributed by atoms with van der Waals surface area (Å²) in [6.45, 7) is 0. The largest absolute Gasteiger partial charge is 0.324 e. The number of nitrogens with zero attached hydrogens (tertiary/aromatic N) is 1. The lowest BCUT2D eigenvalue weighted by Crippen LogP contribution is -2.47. The predicted molar refractivity (Wildman–Crippen MR) is 61.0 cm³/mol. The highest BCUT2D eigenvalue weighted by Crippen LogP contribution is 2.41. The van der Waals surface area contributed by atoms with Crippen molar-refractivity contribution in [1.29, 1.82) is 0 Å². The van der Waals surface area contributed by atoms with Crippen LogP contribution in [0.4, 0.5) is 0 Å². The van der Waals surface area contributed by atoms with Crippen LogP contribution in [0, 0.1) is 0 Å². The molecule has 1 fully saturated rings. The average Bonchev–Trinajstić information content (AvgIpc) is 2.43. The molecule has 1 amide bonds. The number of carbonyl (C=O) groups is 1. The fourth-order valence-corrected chi connectivity index (χ4v) is 4.32. The molecule has 4 nitrogen and oxygen atoms in total. The molecule has 0 N–H and O–H groups in total. The first-order chi connectivity index (χ1) is 6.89. The lowest BCUT2D eigenvalue weighted by atomic mass is 10.1. The van der Waals surface area contributed by atoms with Crippen LogP contribution in [0.2, 0.25) is 0 Å². The molecule has 1 aliphatic rings. The van der Waals surface area contributed by atoms with E-state index >= 15 is 0 Å². The van der Waals surface area contributed by atoms with Gasteiger partial charge >= 0.3 is 9.24 Å². The van der Waals surface area contributed by atoms with E-state index < -0.39 is 21.2 Å². The number of amides is 1. The zero-order chi connectivity index (χ0) is 11.2. The standard InChI is InChI=1S/C7H5BrClNO3S2/c8-4-1-6(14-3-4)5-2-7(11)10(5)15(9,12)13/h1,3,5H,2H2. The van der Waals surface area contributed by atoms with Crippen molar-refractivity contribution in [1.82, 2.24) is 4.31 Å². The minimum atomic E-state index is -3.96. The van der Waals surface area contributed by atoms with E-state index in [-0.39, 0.29) is 6.42 Å². The number of halogens is 2. The van der Waals surface area contributed by atoms with Gasteiger partial charge in [-0.2, -0.15) is 8.42 Å². The van der Waals surface area contributed by atoms with Crippen LogP contribution >= 0.6 is 37.9 Å². The number of hydrogen-bond donors (Lipinski definition) is 0. The Morgan fingerprint density at radius 1 is 1.60 bits per heavy atom. The van der Waals surface area contributed by atoms with E-state index in [2.05, 4.69) is 15.9 Å². The first-order valence-corrected chi connectivity index (χ1v) is 7.84. The van der Waals surface area contributed by atoms with Crippen molar-refractivity contribution in [3.63, 3.8) is 0 Å². The van der Waals surface area contributed by atoms with Crippen LogP contribution in [-0.2, 0) is 14.0 Å². The van der Waals surface area contributed by atoms with Gasteiger partial charge in [0.25, 0.3) is 0 Å². The van der Waals surface area contributed by atoms with Gasteiger partial charge in [-0.3, -0.25) is 4.79 Å². The summed E-state index contributed by atoms with van der Waals surface area (Å²) < 4.78 is 23.7. The second kappa shape index (κ2) is 3.73. The van der Waals surface area contributed by atoms with Crippen LogP contribution < -0.4 is 0 Å². The molecule has 1 aromatic heterocycles. The molecule has 1 atom stereocenters. The van der Waals surface area contributed by atoms with E-state index in [0.29, 0.717) is 4.31 Å². The second-order valence-electron chi connectivity index (χ2n) is 3.02. The summed E-state index contributed by atoms with van der Waals surface area (Å²) in [5.74, 6) is -0.459. The summed E-state index contributed by atoms with van der Waals surface area (Å²) in [6.07, 6.45) is 0.193. The number of β-lactam (4-membered cyclic amide) rings is 1. The number of thiophene rings is 1. The average molecular weight is 331 g/mol. The Hall–Kier alpha value is -0.110. The summed E-state index contributed by atoms with van der Waals surface area (Å²) in [5, 5.41) is 1.83. The molecular weight excluding hydrogens is 326 g/mol. The van der Waals surface area contributed by atoms with E-state index in [0.717, 1.165) is 9.35 Å². The van der Waals surface area contributed by atoms with Gasteiger partial charge in [0.15, 0.2) is 0 Å². The lowest BCUT2D eigenvalue weighted by Gasteiger charge is -2.36. The van der Waals surface area contributed by atoms with Crippen LogP contribution in [0.3, 0.4) is 0 Å². The fourth-order valence-electron chi connectivity index (χ4n) is 1.39. The van der Waals surface area contributed by atoms with Crippen LogP contribution in [0.15, 0.2) is 15.9 Å². The normalized spacial score (nSPS) is 21.6. The second-order valence-corrected chi connectivity index (χ2v) is 7.26. The highest BCUT2D eigenvalue weighted by atomic mass is 79.9. The summed E-state index contributed by atoms with van der Waals surface area (Å²) in [7, 11) is 1.20. The molecule has 0 radical (unpaired) electrons. The number of hydrogen-bond acceptors (Lipinski definition) is 4. The van der Waals surface area contributed by atoms with Crippen LogP contribution in [-0.4, -0.2) is 18.6 Å². The Morgan fingerprint density at radius 3 is 2.67 bits per heavy atom. The molecular formula is C7H5BrClNO3S2. The van der Waals surface area contributed by atoms with Gasteiger partial charge in [-0.05, 0) is 22.0 Å². The third kappa shape index (κ3) is 2.06. The highest BCUT2D eigenvalue weighted by molar-refractivity contribution is 9.10. The Morgan fingerprint density at radius 2 is 2.27 bits per heavy atom. The van der Waals surface area contributed by atoms with E-state index in [1.54, 1.807) is 6.07 Å². The molecule has 0 saturated carbocycles. The van der Waals surface area contributed by atoms with E-state index in [4.69, 9.17) is 10.7 Å². The molecule has 0 bridgehead atoms. The Labute approximate surface area is 104 Å². The molecule has 0 aromatic carbocycles. The van der Waals surface area contributed by atoms with Crippen molar-refractivity contribution in [3.05, 3.63) is 20.8 Å². The van der Waals surface area contributed by atoms with E-state index in [1.807, 2.05) is 5.38 Å². The molecule has 1 saturated heterocycles. The van der Waals surface area contributed by atoms with Crippen LogP contribution in [0.25, 0.3) is 0 Å². The van der Waals surface area contributed by atoms with E-state index in [9.17, 15) is 13.2 Å². The molecule has 0 aliphatic carbocycles. The smallest absolute Gasteiger partial charge is 0.274 e. The third-order valence-electron chi connectivity index (χ3n) is 2.05. The van der Waals surface area contributed by atoms with Gasteiger partial charge in [0, 0.05) is 25.4 Å². The quantitative estimate of drug-likeness (QED) is 0.617. The van der Waals surface area contributed by atoms with E-state index in [1.165, 1.54) is 11.3 Å². The third-order valence-corrected chi connectivity index (χ3v) is 5.22. The van der Waals surface area contributed by atoms with Gasteiger partial charge in [0.05, 0.1) is 12.5 Å². The van der Waals surface area contributed by atoms with Crippen molar-refractivity contribution >= 4 is 53.1 Å². The lowest BCUT2D eigenvalue weighted by molar-refractivity contribution is -0.137. The monoisotopic (exact) mass is 329 g/mol. The fraction of sp³-hybridized carbons (Fsp3) is 0.286. The summed E-state index contributed by atoms with van der Waals surface area (Å²) >= 11 is 4.66. The minimum Gasteiger partial charge on any atom is -0.274 e. The van der Waals surface area contributed by atoms with Crippen molar-refractivity contribution in [3.8, 4) is 0 Å². The van der Waals surface area contributed by atoms with Gasteiger partial charge in [-0.15, -0.1) is 11.3 Å². The minimum absolute atomic E-state index is 0.193. The first kappa shape index (κ1) is 11.4. The summed E-state index contributed by atoms with van der Waals surface area (Å²) in [4.78, 5) is 11.9. The van der Waals surface area contributed by atoms with Gasteiger partial charge < -0.3 is 0 Å². The van der Waals surface area contributed by atoms with Gasteiger partial charge in [-0.25, -0.2) is 4.31 Å². The molecule has 0 spiro atoms. The molecule has 1 aromatic rings. The number of rotatable bonds is 2. The first-order valence-electron chi connectivity index (χ1n) is 3.90. The van der Waals surface area contributed by atoms with Gasteiger partial charge in [-0.1, -0.05) is 0 Å². The van der Waals surface area contributed by atoms with Gasteiger partial charge in [0.1, 0.15) is 0 Å². The molecule has 8 heteroatoms. The molecule has 15 heavy (non-hydrogen) atoms. The topological polar surface area (TPSA) is 54.5 Å². The molecule has 2 heterocycles. The summed E-state index contributed by atoms with van der Waals surface area (Å²) in [5.41, 5.74) is 0. The zero-order valence-electron chi connectivity index (χ0n) is 7.18.